The van der Waals surface area contributed by atoms with Crippen LogP contribution in [0.1, 0.15) is 38.0 Å². The second-order valence-corrected chi connectivity index (χ2v) is 6.93. The van der Waals surface area contributed by atoms with Crippen LogP contribution in [0.25, 0.3) is 0 Å². The lowest BCUT2D eigenvalue weighted by atomic mass is 9.81. The van der Waals surface area contributed by atoms with Crippen LogP contribution in [0.2, 0.25) is 0 Å². The molecular weight excluding hydrogens is 320 g/mol. The van der Waals surface area contributed by atoms with Crippen molar-refractivity contribution >= 4 is 15.9 Å². The second kappa shape index (κ2) is 5.32. The molecule has 3 rings (SSSR count). The van der Waals surface area contributed by atoms with Crippen LogP contribution in [0.5, 0.6) is 5.75 Å². The fourth-order valence-corrected chi connectivity index (χ4v) is 4.09. The van der Waals surface area contributed by atoms with E-state index in [0.717, 1.165) is 22.2 Å². The summed E-state index contributed by atoms with van der Waals surface area (Å²) in [6, 6.07) is 4.07. The van der Waals surface area contributed by atoms with Crippen molar-refractivity contribution in [2.45, 2.75) is 45.5 Å². The van der Waals surface area contributed by atoms with Crippen molar-refractivity contribution in [2.75, 3.05) is 6.61 Å². The van der Waals surface area contributed by atoms with Gasteiger partial charge >= 0.3 is 0 Å². The molecule has 5 atom stereocenters. The fourth-order valence-electron chi connectivity index (χ4n) is 3.56. The van der Waals surface area contributed by atoms with E-state index in [4.69, 9.17) is 9.47 Å². The highest BCUT2D eigenvalue weighted by Crippen LogP contribution is 2.45. The molecular formula is C16H21BrO3. The van der Waals surface area contributed by atoms with Gasteiger partial charge in [-0.1, -0.05) is 22.9 Å². The molecule has 0 saturated carbocycles. The standard InChI is InChI=1S/C16H21BrO3/c1-8-9(2)20-10(3)14(8)15(18)13-7-12(17)6-11-4-5-19-16(11)13/h6-10,14-15,18H,4-5H2,1-3H3. The number of hydrogen-bond donors (Lipinski definition) is 1. The minimum atomic E-state index is -0.547. The molecule has 1 aromatic rings. The lowest BCUT2D eigenvalue weighted by molar-refractivity contribution is 0.0224. The third-order valence-corrected chi connectivity index (χ3v) is 5.24. The molecule has 2 heterocycles. The van der Waals surface area contributed by atoms with Gasteiger partial charge in [0.25, 0.3) is 0 Å². The maximum absolute atomic E-state index is 10.9. The summed E-state index contributed by atoms with van der Waals surface area (Å²) in [5.41, 5.74) is 2.08. The molecule has 0 amide bonds. The van der Waals surface area contributed by atoms with E-state index in [2.05, 4.69) is 35.8 Å². The molecule has 5 unspecified atom stereocenters. The van der Waals surface area contributed by atoms with E-state index in [-0.39, 0.29) is 18.1 Å². The monoisotopic (exact) mass is 340 g/mol. The van der Waals surface area contributed by atoms with Gasteiger partial charge in [-0.2, -0.15) is 0 Å². The zero-order valence-electron chi connectivity index (χ0n) is 12.1. The first-order chi connectivity index (χ1) is 9.49. The van der Waals surface area contributed by atoms with Crippen LogP contribution in [0.15, 0.2) is 16.6 Å². The fraction of sp³-hybridized carbons (Fsp3) is 0.625. The first-order valence-electron chi connectivity index (χ1n) is 7.27. The molecule has 0 bridgehead atoms. The van der Waals surface area contributed by atoms with E-state index in [9.17, 15) is 5.11 Å². The van der Waals surface area contributed by atoms with Gasteiger partial charge in [0.15, 0.2) is 0 Å². The molecule has 2 aliphatic heterocycles. The minimum absolute atomic E-state index is 0.0611. The average molecular weight is 341 g/mol. The number of fused-ring (bicyclic) bond motifs is 1. The number of rotatable bonds is 2. The Balaban J connectivity index is 1.97. The third kappa shape index (κ3) is 2.28. The van der Waals surface area contributed by atoms with Crippen molar-refractivity contribution in [3.63, 3.8) is 0 Å². The minimum Gasteiger partial charge on any atom is -0.493 e. The number of benzene rings is 1. The maximum atomic E-state index is 10.9. The van der Waals surface area contributed by atoms with Crippen LogP contribution in [-0.4, -0.2) is 23.9 Å². The highest BCUT2D eigenvalue weighted by Gasteiger charge is 2.42. The van der Waals surface area contributed by atoms with Crippen LogP contribution in [-0.2, 0) is 11.2 Å². The highest BCUT2D eigenvalue weighted by atomic mass is 79.9. The molecule has 110 valence electrons. The maximum Gasteiger partial charge on any atom is 0.128 e. The van der Waals surface area contributed by atoms with E-state index >= 15 is 0 Å². The van der Waals surface area contributed by atoms with Gasteiger partial charge in [0.1, 0.15) is 5.75 Å². The smallest absolute Gasteiger partial charge is 0.128 e. The van der Waals surface area contributed by atoms with Crippen LogP contribution < -0.4 is 4.74 Å². The number of hydrogen-bond acceptors (Lipinski definition) is 3. The van der Waals surface area contributed by atoms with E-state index in [0.29, 0.717) is 12.5 Å². The lowest BCUT2D eigenvalue weighted by Gasteiger charge is -2.26. The van der Waals surface area contributed by atoms with E-state index in [1.165, 1.54) is 5.56 Å². The molecule has 20 heavy (non-hydrogen) atoms. The predicted molar refractivity (Wildman–Crippen MR) is 81.0 cm³/mol. The SMILES string of the molecule is CC1OC(C)C(C(O)c2cc(Br)cc3c2OCC3)C1C. The number of halogens is 1. The van der Waals surface area contributed by atoms with Crippen molar-refractivity contribution in [1.29, 1.82) is 0 Å². The second-order valence-electron chi connectivity index (χ2n) is 6.01. The van der Waals surface area contributed by atoms with Crippen molar-refractivity contribution in [3.8, 4) is 5.75 Å². The molecule has 1 fully saturated rings. The Bertz CT molecular complexity index is 517. The lowest BCUT2D eigenvalue weighted by Crippen LogP contribution is -2.25. The molecule has 0 aromatic heterocycles. The average Bonchev–Trinajstić information content (AvgIpc) is 2.93. The topological polar surface area (TPSA) is 38.7 Å². The number of aliphatic hydroxyl groups excluding tert-OH is 1. The van der Waals surface area contributed by atoms with Crippen LogP contribution >= 0.6 is 15.9 Å². The molecule has 1 N–H and O–H groups in total. The summed E-state index contributed by atoms with van der Waals surface area (Å²) in [7, 11) is 0. The van der Waals surface area contributed by atoms with Gasteiger partial charge in [0, 0.05) is 22.4 Å². The Kier molecular flexibility index (Phi) is 3.82. The zero-order valence-corrected chi connectivity index (χ0v) is 13.7. The van der Waals surface area contributed by atoms with Crippen LogP contribution in [0.3, 0.4) is 0 Å². The summed E-state index contributed by atoms with van der Waals surface area (Å²) in [6.07, 6.45) is 0.614. The zero-order chi connectivity index (χ0) is 14.4. The summed E-state index contributed by atoms with van der Waals surface area (Å²) in [5, 5.41) is 10.9. The Morgan fingerprint density at radius 1 is 1.25 bits per heavy atom. The van der Waals surface area contributed by atoms with Gasteiger partial charge < -0.3 is 14.6 Å². The number of aliphatic hydroxyl groups is 1. The largest absolute Gasteiger partial charge is 0.493 e. The molecule has 0 aliphatic carbocycles. The van der Waals surface area contributed by atoms with E-state index in [1.54, 1.807) is 0 Å². The Labute approximate surface area is 128 Å². The summed E-state index contributed by atoms with van der Waals surface area (Å²) in [5.74, 6) is 1.31. The quantitative estimate of drug-likeness (QED) is 0.895. The summed E-state index contributed by atoms with van der Waals surface area (Å²) in [4.78, 5) is 0. The number of ether oxygens (including phenoxy) is 2. The van der Waals surface area contributed by atoms with Gasteiger partial charge in [-0.15, -0.1) is 0 Å². The normalized spacial score (nSPS) is 33.9. The van der Waals surface area contributed by atoms with Crippen molar-refractivity contribution < 1.29 is 14.6 Å². The summed E-state index contributed by atoms with van der Waals surface area (Å²) in [6.45, 7) is 6.98. The van der Waals surface area contributed by atoms with Crippen LogP contribution in [0, 0.1) is 11.8 Å². The molecule has 3 nitrogen and oxygen atoms in total. The Morgan fingerprint density at radius 3 is 2.65 bits per heavy atom. The van der Waals surface area contributed by atoms with Crippen LogP contribution in [0.4, 0.5) is 0 Å². The molecule has 4 heteroatoms. The van der Waals surface area contributed by atoms with E-state index < -0.39 is 6.10 Å². The Morgan fingerprint density at radius 2 is 2.00 bits per heavy atom. The first-order valence-corrected chi connectivity index (χ1v) is 8.07. The molecule has 2 aliphatic rings. The van der Waals surface area contributed by atoms with Gasteiger partial charge in [-0.05, 0) is 37.5 Å². The van der Waals surface area contributed by atoms with E-state index in [1.807, 2.05) is 13.0 Å². The molecule has 1 aromatic carbocycles. The van der Waals surface area contributed by atoms with Gasteiger partial charge in [-0.3, -0.25) is 0 Å². The first kappa shape index (κ1) is 14.4. The third-order valence-electron chi connectivity index (χ3n) is 4.78. The van der Waals surface area contributed by atoms with Crippen molar-refractivity contribution in [3.05, 3.63) is 27.7 Å². The Hall–Kier alpha value is -0.580. The van der Waals surface area contributed by atoms with Gasteiger partial charge in [0.2, 0.25) is 0 Å². The summed E-state index contributed by atoms with van der Waals surface area (Å²) < 4.78 is 12.6. The van der Waals surface area contributed by atoms with Crippen molar-refractivity contribution in [2.24, 2.45) is 11.8 Å². The molecule has 0 radical (unpaired) electrons. The highest BCUT2D eigenvalue weighted by molar-refractivity contribution is 9.10. The van der Waals surface area contributed by atoms with Gasteiger partial charge in [-0.25, -0.2) is 0 Å². The predicted octanol–water partition coefficient (Wildman–Crippen LogP) is 3.48. The van der Waals surface area contributed by atoms with Crippen molar-refractivity contribution in [1.82, 2.24) is 0 Å². The molecule has 1 saturated heterocycles. The summed E-state index contributed by atoms with van der Waals surface area (Å²) >= 11 is 3.54. The molecule has 0 spiro atoms. The van der Waals surface area contributed by atoms with Gasteiger partial charge in [0.05, 0.1) is 24.9 Å².